The molecule has 1 heterocycles. The lowest BCUT2D eigenvalue weighted by molar-refractivity contribution is -0.161. The number of fused-ring (bicyclic) bond motifs is 3. The van der Waals surface area contributed by atoms with Crippen molar-refractivity contribution in [3.8, 4) is 0 Å². The second kappa shape index (κ2) is 2.55. The summed E-state index contributed by atoms with van der Waals surface area (Å²) in [6.07, 6.45) is 4.27. The normalized spacial score (nSPS) is 49.1. The number of rotatable bonds is 0. The van der Waals surface area contributed by atoms with Crippen molar-refractivity contribution in [1.29, 1.82) is 0 Å². The summed E-state index contributed by atoms with van der Waals surface area (Å²) in [6.45, 7) is 10.8. The summed E-state index contributed by atoms with van der Waals surface area (Å²) in [5, 5.41) is 0. The van der Waals surface area contributed by atoms with Gasteiger partial charge >= 0.3 is 5.97 Å². The third-order valence-corrected chi connectivity index (χ3v) is 6.09. The predicted molar refractivity (Wildman–Crippen MR) is 61.8 cm³/mol. The molecule has 0 aromatic carbocycles. The molecule has 2 bridgehead atoms. The highest BCUT2D eigenvalue weighted by atomic mass is 16.6. The van der Waals surface area contributed by atoms with Gasteiger partial charge in [0.1, 0.15) is 5.60 Å². The van der Waals surface area contributed by atoms with Gasteiger partial charge in [-0.2, -0.15) is 0 Å². The van der Waals surface area contributed by atoms with E-state index in [1.54, 1.807) is 0 Å². The molecule has 2 nitrogen and oxygen atoms in total. The molecule has 1 spiro atoms. The van der Waals surface area contributed by atoms with Crippen LogP contribution in [0.15, 0.2) is 12.2 Å². The Morgan fingerprint density at radius 1 is 1.38 bits per heavy atom. The molecule has 16 heavy (non-hydrogen) atoms. The molecule has 1 saturated heterocycles. The first-order valence-corrected chi connectivity index (χ1v) is 6.24. The predicted octanol–water partition coefficient (Wildman–Crippen LogP) is 3.07. The fourth-order valence-corrected chi connectivity index (χ4v) is 4.52. The molecule has 0 amide bonds. The van der Waals surface area contributed by atoms with Gasteiger partial charge in [0.25, 0.3) is 0 Å². The molecule has 2 aliphatic carbocycles. The molecular weight excluding hydrogens is 200 g/mol. The van der Waals surface area contributed by atoms with Crippen LogP contribution in [0.4, 0.5) is 0 Å². The topological polar surface area (TPSA) is 26.3 Å². The summed E-state index contributed by atoms with van der Waals surface area (Å²) in [7, 11) is 0. The summed E-state index contributed by atoms with van der Waals surface area (Å²) in [5.74, 6) is 0.542. The summed E-state index contributed by atoms with van der Waals surface area (Å²) in [4.78, 5) is 11.6. The van der Waals surface area contributed by atoms with Gasteiger partial charge in [0.05, 0.1) is 0 Å². The van der Waals surface area contributed by atoms with E-state index in [1.165, 1.54) is 12.8 Å². The third kappa shape index (κ3) is 0.847. The molecule has 0 radical (unpaired) electrons. The van der Waals surface area contributed by atoms with Crippen LogP contribution in [0.3, 0.4) is 0 Å². The summed E-state index contributed by atoms with van der Waals surface area (Å²) in [5.41, 5.74) is 0.871. The van der Waals surface area contributed by atoms with Crippen LogP contribution < -0.4 is 0 Å². The molecule has 0 aromatic rings. The van der Waals surface area contributed by atoms with Crippen molar-refractivity contribution in [2.75, 3.05) is 0 Å². The lowest BCUT2D eigenvalue weighted by Crippen LogP contribution is -2.46. The zero-order valence-electron chi connectivity index (χ0n) is 10.4. The van der Waals surface area contributed by atoms with Crippen LogP contribution in [-0.2, 0) is 9.53 Å². The van der Waals surface area contributed by atoms with E-state index in [0.717, 1.165) is 12.8 Å². The minimum absolute atomic E-state index is 0.139. The molecule has 3 aliphatic rings. The molecule has 3 atom stereocenters. The molecule has 88 valence electrons. The van der Waals surface area contributed by atoms with Crippen LogP contribution in [0.2, 0.25) is 0 Å². The third-order valence-electron chi connectivity index (χ3n) is 6.09. The lowest BCUT2D eigenvalue weighted by atomic mass is 9.63. The maximum absolute atomic E-state index is 11.6. The monoisotopic (exact) mass is 220 g/mol. The van der Waals surface area contributed by atoms with Gasteiger partial charge in [0.2, 0.25) is 0 Å². The fourth-order valence-electron chi connectivity index (χ4n) is 4.52. The number of carbonyl (C=O) groups excluding carboxylic acids is 1. The summed E-state index contributed by atoms with van der Waals surface area (Å²) >= 11 is 0. The number of esters is 1. The van der Waals surface area contributed by atoms with Crippen LogP contribution in [0, 0.1) is 16.7 Å². The van der Waals surface area contributed by atoms with E-state index in [2.05, 4.69) is 27.4 Å². The number of carbonyl (C=O) groups is 1. The van der Waals surface area contributed by atoms with Crippen molar-refractivity contribution in [2.24, 2.45) is 16.7 Å². The molecule has 2 heteroatoms. The molecule has 2 saturated carbocycles. The van der Waals surface area contributed by atoms with Crippen LogP contribution >= 0.6 is 0 Å². The van der Waals surface area contributed by atoms with Gasteiger partial charge < -0.3 is 4.74 Å². The number of hydrogen-bond donors (Lipinski definition) is 0. The van der Waals surface area contributed by atoms with Crippen molar-refractivity contribution in [1.82, 2.24) is 0 Å². The highest BCUT2D eigenvalue weighted by Crippen LogP contribution is 2.73. The Labute approximate surface area is 97.1 Å². The summed E-state index contributed by atoms with van der Waals surface area (Å²) in [6, 6.07) is 0. The van der Waals surface area contributed by atoms with E-state index in [1.807, 2.05) is 0 Å². The van der Waals surface area contributed by atoms with E-state index < -0.39 is 0 Å². The van der Waals surface area contributed by atoms with Crippen LogP contribution in [0.5, 0.6) is 0 Å². The Morgan fingerprint density at radius 3 is 2.44 bits per heavy atom. The second-order valence-corrected chi connectivity index (χ2v) is 6.66. The average Bonchev–Trinajstić information content (AvgIpc) is 2.63. The molecular formula is C14H20O2. The Bertz CT molecular complexity index is 378. The van der Waals surface area contributed by atoms with E-state index in [4.69, 9.17) is 4.74 Å². The molecule has 3 rings (SSSR count). The molecule has 0 N–H and O–H groups in total. The van der Waals surface area contributed by atoms with Crippen LogP contribution in [0.1, 0.15) is 46.5 Å². The van der Waals surface area contributed by atoms with Crippen molar-refractivity contribution in [3.63, 3.8) is 0 Å². The standard InChI is InChI=1S/C14H20O2/c1-9-7-14(16-11(9)15)8-10-5-6-13(14,4)12(10,2)3/h10H,1,5-8H2,2-4H3/t10-,13+,14-/m0/s1. The minimum Gasteiger partial charge on any atom is -0.455 e. The minimum atomic E-state index is -0.229. The van der Waals surface area contributed by atoms with Gasteiger partial charge in [0, 0.05) is 17.4 Å². The fraction of sp³-hybridized carbons (Fsp3) is 0.786. The SMILES string of the molecule is C=C1C[C@@]2(C[C@@H]3CC[C@]2(C)C3(C)C)OC1=O. The maximum Gasteiger partial charge on any atom is 0.334 e. The first kappa shape index (κ1) is 10.4. The highest BCUT2D eigenvalue weighted by Gasteiger charge is 2.72. The smallest absolute Gasteiger partial charge is 0.334 e. The zero-order chi connectivity index (χ0) is 11.8. The van der Waals surface area contributed by atoms with Gasteiger partial charge in [-0.25, -0.2) is 4.79 Å². The first-order valence-electron chi connectivity index (χ1n) is 6.24. The van der Waals surface area contributed by atoms with Crippen molar-refractivity contribution < 1.29 is 9.53 Å². The maximum atomic E-state index is 11.6. The van der Waals surface area contributed by atoms with E-state index in [9.17, 15) is 4.79 Å². The van der Waals surface area contributed by atoms with Crippen molar-refractivity contribution in [2.45, 2.75) is 52.1 Å². The molecule has 0 unspecified atom stereocenters. The van der Waals surface area contributed by atoms with Crippen LogP contribution in [-0.4, -0.2) is 11.6 Å². The van der Waals surface area contributed by atoms with Crippen molar-refractivity contribution >= 4 is 5.97 Å². The quantitative estimate of drug-likeness (QED) is 0.463. The zero-order valence-corrected chi connectivity index (χ0v) is 10.4. The lowest BCUT2D eigenvalue weighted by Gasteiger charge is -2.44. The van der Waals surface area contributed by atoms with Crippen molar-refractivity contribution in [3.05, 3.63) is 12.2 Å². The van der Waals surface area contributed by atoms with Crippen LogP contribution in [0.25, 0.3) is 0 Å². The second-order valence-electron chi connectivity index (χ2n) is 6.66. The van der Waals surface area contributed by atoms with Gasteiger partial charge in [0.15, 0.2) is 0 Å². The highest BCUT2D eigenvalue weighted by molar-refractivity contribution is 5.90. The average molecular weight is 220 g/mol. The summed E-state index contributed by atoms with van der Waals surface area (Å²) < 4.78 is 5.76. The van der Waals surface area contributed by atoms with E-state index in [-0.39, 0.29) is 22.4 Å². The Hall–Kier alpha value is -0.790. The number of ether oxygens (including phenoxy) is 1. The molecule has 3 fully saturated rings. The van der Waals surface area contributed by atoms with Gasteiger partial charge in [-0.1, -0.05) is 27.4 Å². The van der Waals surface area contributed by atoms with Gasteiger partial charge in [-0.3, -0.25) is 0 Å². The number of hydrogen-bond acceptors (Lipinski definition) is 2. The Kier molecular flexibility index (Phi) is 1.65. The first-order chi connectivity index (χ1) is 7.32. The largest absolute Gasteiger partial charge is 0.455 e. The Balaban J connectivity index is 2.08. The molecule has 1 aliphatic heterocycles. The Morgan fingerprint density at radius 2 is 2.06 bits per heavy atom. The van der Waals surface area contributed by atoms with Gasteiger partial charge in [-0.05, 0) is 30.6 Å². The molecule has 0 aromatic heterocycles. The van der Waals surface area contributed by atoms with Gasteiger partial charge in [-0.15, -0.1) is 0 Å². The van der Waals surface area contributed by atoms with E-state index >= 15 is 0 Å². The van der Waals surface area contributed by atoms with E-state index in [0.29, 0.717) is 11.5 Å².